The summed E-state index contributed by atoms with van der Waals surface area (Å²) in [5.41, 5.74) is 1.53. The normalized spacial score (nSPS) is 30.7. The van der Waals surface area contributed by atoms with Gasteiger partial charge in [0.15, 0.2) is 0 Å². The summed E-state index contributed by atoms with van der Waals surface area (Å²) in [7, 11) is 0. The maximum atomic E-state index is 13.3. The van der Waals surface area contributed by atoms with E-state index in [1.54, 1.807) is 0 Å². The fraction of sp³-hybridized carbons (Fsp3) is 0.667. The molecule has 1 aromatic rings. The molecule has 116 valence electrons. The highest BCUT2D eigenvalue weighted by Gasteiger charge is 2.53. The Morgan fingerprint density at radius 3 is 2.67 bits per heavy atom. The van der Waals surface area contributed by atoms with E-state index in [4.69, 9.17) is 11.6 Å². The van der Waals surface area contributed by atoms with Gasteiger partial charge in [-0.1, -0.05) is 31.5 Å². The molecule has 1 aromatic carbocycles. The van der Waals surface area contributed by atoms with Gasteiger partial charge in [0, 0.05) is 6.54 Å². The van der Waals surface area contributed by atoms with Gasteiger partial charge in [-0.15, -0.1) is 0 Å². The molecule has 0 radical (unpaired) electrons. The monoisotopic (exact) mass is 309 g/mol. The zero-order valence-electron chi connectivity index (χ0n) is 13.0. The largest absolute Gasteiger partial charge is 0.316 e. The minimum atomic E-state index is -0.318. The van der Waals surface area contributed by atoms with Gasteiger partial charge in [0.2, 0.25) is 0 Å². The molecule has 21 heavy (non-hydrogen) atoms. The lowest BCUT2D eigenvalue weighted by atomic mass is 9.77. The number of halogens is 2. The van der Waals surface area contributed by atoms with Gasteiger partial charge >= 0.3 is 0 Å². The minimum absolute atomic E-state index is 0.251. The average molecular weight is 310 g/mol. The molecule has 0 heterocycles. The third kappa shape index (κ3) is 3.60. The van der Waals surface area contributed by atoms with Gasteiger partial charge in [-0.25, -0.2) is 4.39 Å². The number of fused-ring (bicyclic) bond motifs is 1. The van der Waals surface area contributed by atoms with Gasteiger partial charge < -0.3 is 5.32 Å². The van der Waals surface area contributed by atoms with Crippen LogP contribution in [0.3, 0.4) is 0 Å². The first-order valence-corrected chi connectivity index (χ1v) is 8.50. The van der Waals surface area contributed by atoms with Crippen molar-refractivity contribution in [3.05, 3.63) is 34.6 Å². The van der Waals surface area contributed by atoms with Crippen LogP contribution in [-0.4, -0.2) is 13.1 Å². The summed E-state index contributed by atoms with van der Waals surface area (Å²) in [4.78, 5) is 0. The quantitative estimate of drug-likeness (QED) is 0.804. The molecule has 0 aliphatic heterocycles. The molecule has 2 atom stereocenters. The highest BCUT2D eigenvalue weighted by molar-refractivity contribution is 6.30. The number of benzene rings is 1. The van der Waals surface area contributed by atoms with E-state index in [2.05, 4.69) is 19.2 Å². The lowest BCUT2D eigenvalue weighted by Crippen LogP contribution is -2.36. The van der Waals surface area contributed by atoms with Gasteiger partial charge in [-0.3, -0.25) is 0 Å². The first-order chi connectivity index (χ1) is 9.97. The molecular formula is C18H25ClFN. The summed E-state index contributed by atoms with van der Waals surface area (Å²) < 4.78 is 13.3. The Balaban J connectivity index is 1.68. The van der Waals surface area contributed by atoms with Crippen LogP contribution in [0.15, 0.2) is 18.2 Å². The van der Waals surface area contributed by atoms with Crippen LogP contribution in [0, 0.1) is 29.0 Å². The van der Waals surface area contributed by atoms with Crippen LogP contribution in [0.5, 0.6) is 0 Å². The van der Waals surface area contributed by atoms with E-state index in [1.165, 1.54) is 30.9 Å². The fourth-order valence-electron chi connectivity index (χ4n) is 4.07. The Bertz CT molecular complexity index is 504. The Labute approximate surface area is 132 Å². The van der Waals surface area contributed by atoms with Crippen LogP contribution in [0.1, 0.15) is 38.7 Å². The molecule has 2 fully saturated rings. The van der Waals surface area contributed by atoms with E-state index < -0.39 is 0 Å². The SMILES string of the molecule is CC(C)CNCC1(Cc2ccc(F)c(Cl)c2)CC2CC2C1. The summed E-state index contributed by atoms with van der Waals surface area (Å²) in [5.74, 6) is 2.25. The van der Waals surface area contributed by atoms with Crippen LogP contribution in [-0.2, 0) is 6.42 Å². The number of nitrogens with one attached hydrogen (secondary N) is 1. The molecule has 0 bridgehead atoms. The summed E-state index contributed by atoms with van der Waals surface area (Å²) >= 11 is 5.94. The second-order valence-electron chi connectivity index (χ2n) is 7.61. The number of hydrogen-bond acceptors (Lipinski definition) is 1. The maximum Gasteiger partial charge on any atom is 0.141 e. The first-order valence-electron chi connectivity index (χ1n) is 8.12. The highest BCUT2D eigenvalue weighted by atomic mass is 35.5. The van der Waals surface area contributed by atoms with Gasteiger partial charge in [0.1, 0.15) is 5.82 Å². The van der Waals surface area contributed by atoms with Crippen molar-refractivity contribution in [2.24, 2.45) is 23.2 Å². The van der Waals surface area contributed by atoms with E-state index >= 15 is 0 Å². The molecule has 3 heteroatoms. The van der Waals surface area contributed by atoms with Crippen LogP contribution in [0.25, 0.3) is 0 Å². The fourth-order valence-corrected chi connectivity index (χ4v) is 4.27. The maximum absolute atomic E-state index is 13.3. The van der Waals surface area contributed by atoms with Crippen molar-refractivity contribution in [2.45, 2.75) is 39.5 Å². The summed E-state index contributed by atoms with van der Waals surface area (Å²) in [6, 6.07) is 5.21. The van der Waals surface area contributed by atoms with Gasteiger partial charge in [-0.2, -0.15) is 0 Å². The standard InChI is InChI=1S/C18H25ClFN/c1-12(2)10-21-11-18(8-14-6-15(14)9-18)7-13-3-4-17(20)16(19)5-13/h3-5,12,14-15,21H,6-11H2,1-2H3. The molecule has 0 saturated heterocycles. The Morgan fingerprint density at radius 1 is 1.33 bits per heavy atom. The summed E-state index contributed by atoms with van der Waals surface area (Å²) in [6.45, 7) is 6.63. The molecule has 0 aromatic heterocycles. The molecule has 1 N–H and O–H groups in total. The van der Waals surface area contributed by atoms with E-state index in [0.29, 0.717) is 11.3 Å². The smallest absolute Gasteiger partial charge is 0.141 e. The molecule has 0 spiro atoms. The van der Waals surface area contributed by atoms with Crippen molar-refractivity contribution in [3.63, 3.8) is 0 Å². The Kier molecular flexibility index (Phi) is 4.29. The van der Waals surface area contributed by atoms with Crippen LogP contribution in [0.4, 0.5) is 4.39 Å². The molecule has 2 aliphatic carbocycles. The Hall–Kier alpha value is -0.600. The van der Waals surface area contributed by atoms with Crippen LogP contribution in [0.2, 0.25) is 5.02 Å². The van der Waals surface area contributed by atoms with Crippen molar-refractivity contribution in [3.8, 4) is 0 Å². The van der Waals surface area contributed by atoms with E-state index in [1.807, 2.05) is 12.1 Å². The van der Waals surface area contributed by atoms with Crippen LogP contribution >= 0.6 is 11.6 Å². The van der Waals surface area contributed by atoms with Crippen molar-refractivity contribution in [1.29, 1.82) is 0 Å². The second kappa shape index (κ2) is 5.89. The predicted molar refractivity (Wildman–Crippen MR) is 86.1 cm³/mol. The van der Waals surface area contributed by atoms with Gasteiger partial charge in [0.25, 0.3) is 0 Å². The van der Waals surface area contributed by atoms with Crippen molar-refractivity contribution in [1.82, 2.24) is 5.32 Å². The zero-order valence-corrected chi connectivity index (χ0v) is 13.7. The number of hydrogen-bond donors (Lipinski definition) is 1. The van der Waals surface area contributed by atoms with Crippen molar-refractivity contribution < 1.29 is 4.39 Å². The third-order valence-electron chi connectivity index (χ3n) is 5.08. The molecular weight excluding hydrogens is 285 g/mol. The first kappa shape index (κ1) is 15.3. The topological polar surface area (TPSA) is 12.0 Å². The molecule has 2 aliphatic rings. The molecule has 0 amide bonds. The third-order valence-corrected chi connectivity index (χ3v) is 5.36. The number of rotatable bonds is 6. The van der Waals surface area contributed by atoms with E-state index in [0.717, 1.165) is 31.3 Å². The van der Waals surface area contributed by atoms with Crippen molar-refractivity contribution in [2.75, 3.05) is 13.1 Å². The summed E-state index contributed by atoms with van der Waals surface area (Å²) in [6.07, 6.45) is 5.08. The zero-order chi connectivity index (χ0) is 15.0. The molecule has 3 rings (SSSR count). The van der Waals surface area contributed by atoms with Gasteiger partial charge in [-0.05, 0) is 73.1 Å². The lowest BCUT2D eigenvalue weighted by molar-refractivity contribution is 0.245. The molecule has 2 saturated carbocycles. The van der Waals surface area contributed by atoms with E-state index in [-0.39, 0.29) is 10.8 Å². The van der Waals surface area contributed by atoms with E-state index in [9.17, 15) is 4.39 Å². The van der Waals surface area contributed by atoms with Gasteiger partial charge in [0.05, 0.1) is 5.02 Å². The second-order valence-corrected chi connectivity index (χ2v) is 8.02. The molecule has 1 nitrogen and oxygen atoms in total. The minimum Gasteiger partial charge on any atom is -0.316 e. The molecule has 2 unspecified atom stereocenters. The Morgan fingerprint density at radius 2 is 2.05 bits per heavy atom. The summed E-state index contributed by atoms with van der Waals surface area (Å²) in [5, 5.41) is 3.90. The predicted octanol–water partition coefficient (Wildman–Crippen LogP) is 4.68. The highest BCUT2D eigenvalue weighted by Crippen LogP contribution is 2.60. The lowest BCUT2D eigenvalue weighted by Gasteiger charge is -2.32. The van der Waals surface area contributed by atoms with Crippen molar-refractivity contribution >= 4 is 11.6 Å². The van der Waals surface area contributed by atoms with Crippen LogP contribution < -0.4 is 5.32 Å². The average Bonchev–Trinajstić information content (AvgIpc) is 3.02.